The largest absolute Gasteiger partial charge is 0.573 e. The molecule has 2 aliphatic rings. The molecule has 218 valence electrons. The van der Waals surface area contributed by atoms with Crippen LogP contribution >= 0.6 is 0 Å². The van der Waals surface area contributed by atoms with Crippen LogP contribution in [-0.2, 0) is 27.2 Å². The standard InChI is InChI=1S/C27H28F6N2O5/c1-17-24(34-22(36)14-18-2-6-20(7-3-18)39-26(28,29)30)25(16-38-17)10-12-35(13-11-25)23(37)15-19-4-8-21(9-5-19)40-27(31,32)33/h2-9,17,24H,10-16H2,1H3,(H,34,36)/t17-,24+/m0/s1. The van der Waals surface area contributed by atoms with Gasteiger partial charge in [0.15, 0.2) is 0 Å². The van der Waals surface area contributed by atoms with E-state index in [0.717, 1.165) is 24.3 Å². The maximum absolute atomic E-state index is 12.9. The average molecular weight is 575 g/mol. The lowest BCUT2D eigenvalue weighted by atomic mass is 9.73. The van der Waals surface area contributed by atoms with Crippen molar-refractivity contribution in [2.75, 3.05) is 19.7 Å². The van der Waals surface area contributed by atoms with Gasteiger partial charge < -0.3 is 24.4 Å². The molecule has 0 saturated carbocycles. The van der Waals surface area contributed by atoms with Crippen LogP contribution in [0.3, 0.4) is 0 Å². The van der Waals surface area contributed by atoms with Crippen LogP contribution in [0.2, 0.25) is 0 Å². The zero-order valence-corrected chi connectivity index (χ0v) is 21.5. The highest BCUT2D eigenvalue weighted by Gasteiger charge is 2.50. The second-order valence-corrected chi connectivity index (χ2v) is 10.0. The first kappa shape index (κ1) is 29.5. The predicted octanol–water partition coefficient (Wildman–Crippen LogP) is 4.78. The third kappa shape index (κ3) is 7.80. The number of carbonyl (C=O) groups excluding carboxylic acids is 2. The molecule has 0 bridgehead atoms. The minimum Gasteiger partial charge on any atom is -0.406 e. The highest BCUT2D eigenvalue weighted by atomic mass is 19.4. The lowest BCUT2D eigenvalue weighted by Gasteiger charge is -2.42. The summed E-state index contributed by atoms with van der Waals surface area (Å²) in [5, 5.41) is 3.03. The summed E-state index contributed by atoms with van der Waals surface area (Å²) in [6.45, 7) is 3.12. The van der Waals surface area contributed by atoms with Gasteiger partial charge in [0.2, 0.25) is 11.8 Å². The number of nitrogens with zero attached hydrogens (tertiary/aromatic N) is 1. The number of ether oxygens (including phenoxy) is 3. The van der Waals surface area contributed by atoms with Crippen molar-refractivity contribution < 1.29 is 50.1 Å². The normalized spacial score (nSPS) is 20.8. The molecule has 13 heteroatoms. The maximum Gasteiger partial charge on any atom is 0.573 e. The first-order valence-electron chi connectivity index (χ1n) is 12.6. The molecule has 2 fully saturated rings. The minimum atomic E-state index is -4.80. The van der Waals surface area contributed by atoms with Gasteiger partial charge >= 0.3 is 12.7 Å². The fourth-order valence-electron chi connectivity index (χ4n) is 5.22. The molecule has 0 unspecified atom stereocenters. The third-order valence-electron chi connectivity index (χ3n) is 7.23. The van der Waals surface area contributed by atoms with Crippen molar-refractivity contribution in [2.45, 2.75) is 57.5 Å². The Kier molecular flexibility index (Phi) is 8.52. The first-order valence-corrected chi connectivity index (χ1v) is 12.6. The molecule has 4 rings (SSSR count). The fraction of sp³-hybridized carbons (Fsp3) is 0.481. The molecule has 2 aliphatic heterocycles. The monoisotopic (exact) mass is 574 g/mol. The Hall–Kier alpha value is -3.48. The number of carbonyl (C=O) groups is 2. The van der Waals surface area contributed by atoms with E-state index in [0.29, 0.717) is 43.7 Å². The number of halogens is 6. The predicted molar refractivity (Wildman–Crippen MR) is 129 cm³/mol. The number of amides is 2. The number of hydrogen-bond acceptors (Lipinski definition) is 5. The molecule has 1 N–H and O–H groups in total. The van der Waals surface area contributed by atoms with Gasteiger partial charge in [-0.1, -0.05) is 24.3 Å². The molecule has 2 amide bonds. The molecular weight excluding hydrogens is 546 g/mol. The lowest BCUT2D eigenvalue weighted by molar-refractivity contribution is -0.275. The van der Waals surface area contributed by atoms with E-state index in [9.17, 15) is 35.9 Å². The van der Waals surface area contributed by atoms with Crippen molar-refractivity contribution in [3.8, 4) is 11.5 Å². The van der Waals surface area contributed by atoms with Gasteiger partial charge in [-0.05, 0) is 55.2 Å². The Morgan fingerprint density at radius 2 is 1.35 bits per heavy atom. The average Bonchev–Trinajstić information content (AvgIpc) is 3.14. The van der Waals surface area contributed by atoms with Crippen LogP contribution in [0.15, 0.2) is 48.5 Å². The molecule has 2 atom stereocenters. The zero-order chi connectivity index (χ0) is 29.1. The summed E-state index contributed by atoms with van der Waals surface area (Å²) in [4.78, 5) is 27.4. The van der Waals surface area contributed by atoms with Gasteiger partial charge in [-0.15, -0.1) is 26.3 Å². The summed E-state index contributed by atoms with van der Waals surface area (Å²) in [5.41, 5.74) is 0.694. The summed E-state index contributed by atoms with van der Waals surface area (Å²) < 4.78 is 87.7. The van der Waals surface area contributed by atoms with E-state index in [4.69, 9.17) is 4.74 Å². The smallest absolute Gasteiger partial charge is 0.406 e. The zero-order valence-electron chi connectivity index (χ0n) is 21.5. The van der Waals surface area contributed by atoms with E-state index in [2.05, 4.69) is 14.8 Å². The van der Waals surface area contributed by atoms with Gasteiger partial charge in [0.05, 0.1) is 31.6 Å². The van der Waals surface area contributed by atoms with Crippen LogP contribution in [0.25, 0.3) is 0 Å². The number of nitrogens with one attached hydrogen (secondary N) is 1. The highest BCUT2D eigenvalue weighted by molar-refractivity contribution is 5.80. The van der Waals surface area contributed by atoms with Crippen molar-refractivity contribution >= 4 is 11.8 Å². The summed E-state index contributed by atoms with van der Waals surface area (Å²) in [6, 6.07) is 9.93. The van der Waals surface area contributed by atoms with Crippen molar-refractivity contribution in [1.29, 1.82) is 0 Å². The number of likely N-dealkylation sites (tertiary alicyclic amines) is 1. The number of benzene rings is 2. The topological polar surface area (TPSA) is 77.1 Å². The molecule has 2 aromatic rings. The number of hydrogen-bond donors (Lipinski definition) is 1. The van der Waals surface area contributed by atoms with Crippen LogP contribution in [0.4, 0.5) is 26.3 Å². The molecule has 2 saturated heterocycles. The second kappa shape index (κ2) is 11.6. The van der Waals surface area contributed by atoms with E-state index in [1.807, 2.05) is 6.92 Å². The minimum absolute atomic E-state index is 0.0269. The van der Waals surface area contributed by atoms with Gasteiger partial charge in [-0.2, -0.15) is 0 Å². The van der Waals surface area contributed by atoms with Gasteiger partial charge in [-0.25, -0.2) is 0 Å². The Balaban J connectivity index is 1.30. The lowest BCUT2D eigenvalue weighted by Crippen LogP contribution is -2.55. The molecule has 2 heterocycles. The number of alkyl halides is 6. The molecular formula is C27H28F6N2O5. The van der Waals surface area contributed by atoms with Crippen molar-refractivity contribution in [3.05, 3.63) is 59.7 Å². The van der Waals surface area contributed by atoms with E-state index < -0.39 is 12.7 Å². The Morgan fingerprint density at radius 1 is 0.875 bits per heavy atom. The quantitative estimate of drug-likeness (QED) is 0.482. The molecule has 0 radical (unpaired) electrons. The van der Waals surface area contributed by atoms with Crippen LogP contribution in [-0.4, -0.2) is 61.3 Å². The Morgan fingerprint density at radius 3 is 1.82 bits per heavy atom. The maximum atomic E-state index is 12.9. The van der Waals surface area contributed by atoms with E-state index in [-0.39, 0.29) is 53.7 Å². The third-order valence-corrected chi connectivity index (χ3v) is 7.23. The van der Waals surface area contributed by atoms with Gasteiger partial charge in [0.1, 0.15) is 11.5 Å². The van der Waals surface area contributed by atoms with Crippen LogP contribution < -0.4 is 14.8 Å². The SMILES string of the molecule is C[C@@H]1OCC2(CCN(C(=O)Cc3ccc(OC(F)(F)F)cc3)CC2)[C@@H]1NC(=O)Cc1ccc(OC(F)(F)F)cc1. The molecule has 2 aromatic carbocycles. The number of piperidine rings is 1. The Bertz CT molecular complexity index is 1180. The van der Waals surface area contributed by atoms with E-state index in [1.165, 1.54) is 24.3 Å². The molecule has 0 aromatic heterocycles. The summed E-state index contributed by atoms with van der Waals surface area (Å²) in [7, 11) is 0. The van der Waals surface area contributed by atoms with Crippen molar-refractivity contribution in [3.63, 3.8) is 0 Å². The fourth-order valence-corrected chi connectivity index (χ4v) is 5.22. The first-order chi connectivity index (χ1) is 18.7. The second-order valence-electron chi connectivity index (χ2n) is 10.0. The highest BCUT2D eigenvalue weighted by Crippen LogP contribution is 2.42. The Labute approximate surface area is 226 Å². The van der Waals surface area contributed by atoms with Crippen molar-refractivity contribution in [1.82, 2.24) is 10.2 Å². The van der Waals surface area contributed by atoms with E-state index in [1.54, 1.807) is 4.90 Å². The molecule has 40 heavy (non-hydrogen) atoms. The molecule has 0 aliphatic carbocycles. The van der Waals surface area contributed by atoms with Gasteiger partial charge in [0, 0.05) is 18.5 Å². The van der Waals surface area contributed by atoms with Crippen molar-refractivity contribution in [2.24, 2.45) is 5.41 Å². The summed E-state index contributed by atoms with van der Waals surface area (Å²) >= 11 is 0. The van der Waals surface area contributed by atoms with Crippen LogP contribution in [0.5, 0.6) is 11.5 Å². The summed E-state index contributed by atoms with van der Waals surface area (Å²) in [5.74, 6) is -1.20. The van der Waals surface area contributed by atoms with E-state index >= 15 is 0 Å². The van der Waals surface area contributed by atoms with Crippen LogP contribution in [0.1, 0.15) is 30.9 Å². The number of rotatable bonds is 7. The molecule has 7 nitrogen and oxygen atoms in total. The van der Waals surface area contributed by atoms with Gasteiger partial charge in [-0.3, -0.25) is 9.59 Å². The van der Waals surface area contributed by atoms with Crippen LogP contribution in [0, 0.1) is 5.41 Å². The molecule has 1 spiro atoms. The summed E-state index contributed by atoms with van der Waals surface area (Å²) in [6.07, 6.45) is -8.72. The van der Waals surface area contributed by atoms with Gasteiger partial charge in [0.25, 0.3) is 0 Å².